The van der Waals surface area contributed by atoms with Crippen molar-refractivity contribution in [3.8, 4) is 5.75 Å². The van der Waals surface area contributed by atoms with E-state index in [2.05, 4.69) is 4.98 Å². The standard InChI is InChI=1S/C20H18F2N4O3S/c1-10(19(24)28)26(12-5-8-14(21)15(22)9-12)20-25-18(23)17(30-20)16(27)11-3-6-13(29-2)7-4-11/h3-10H,23H2,1-2H3,(H2,24,28)/t10-/m0/s1. The molecule has 0 saturated carbocycles. The molecule has 0 radical (unpaired) electrons. The molecular weight excluding hydrogens is 414 g/mol. The summed E-state index contributed by atoms with van der Waals surface area (Å²) in [6, 6.07) is 8.58. The number of ketones is 1. The maximum Gasteiger partial charge on any atom is 0.240 e. The van der Waals surface area contributed by atoms with Gasteiger partial charge in [0.15, 0.2) is 16.8 Å². The maximum atomic E-state index is 13.8. The zero-order valence-corrected chi connectivity index (χ0v) is 16.9. The molecule has 30 heavy (non-hydrogen) atoms. The van der Waals surface area contributed by atoms with E-state index in [1.54, 1.807) is 24.3 Å². The molecule has 0 unspecified atom stereocenters. The molecule has 1 heterocycles. The van der Waals surface area contributed by atoms with Crippen LogP contribution in [-0.2, 0) is 4.79 Å². The molecular formula is C20H18F2N4O3S. The zero-order valence-electron chi connectivity index (χ0n) is 16.1. The van der Waals surface area contributed by atoms with Gasteiger partial charge in [-0.1, -0.05) is 11.3 Å². The van der Waals surface area contributed by atoms with Gasteiger partial charge in [-0.25, -0.2) is 13.8 Å². The van der Waals surface area contributed by atoms with Crippen LogP contribution in [0, 0.1) is 11.6 Å². The molecule has 0 bridgehead atoms. The Bertz CT molecular complexity index is 1100. The number of hydrogen-bond acceptors (Lipinski definition) is 7. The van der Waals surface area contributed by atoms with Gasteiger partial charge in [-0.15, -0.1) is 0 Å². The van der Waals surface area contributed by atoms with Crippen molar-refractivity contribution in [1.82, 2.24) is 4.98 Å². The Morgan fingerprint density at radius 1 is 1.13 bits per heavy atom. The number of benzene rings is 2. The summed E-state index contributed by atoms with van der Waals surface area (Å²) in [6.45, 7) is 1.48. The second-order valence-corrected chi connectivity index (χ2v) is 7.29. The highest BCUT2D eigenvalue weighted by Crippen LogP contribution is 2.36. The summed E-state index contributed by atoms with van der Waals surface area (Å²) in [5.74, 6) is -2.72. The molecule has 0 fully saturated rings. The minimum Gasteiger partial charge on any atom is -0.497 e. The number of amides is 1. The highest BCUT2D eigenvalue weighted by atomic mass is 32.1. The third kappa shape index (κ3) is 4.08. The summed E-state index contributed by atoms with van der Waals surface area (Å²) in [6.07, 6.45) is 0. The van der Waals surface area contributed by atoms with Crippen LogP contribution in [0.1, 0.15) is 22.2 Å². The minimum atomic E-state index is -1.10. The molecule has 3 aromatic rings. The molecule has 7 nitrogen and oxygen atoms in total. The van der Waals surface area contributed by atoms with E-state index in [-0.39, 0.29) is 27.3 Å². The van der Waals surface area contributed by atoms with Gasteiger partial charge in [-0.05, 0) is 43.3 Å². The van der Waals surface area contributed by atoms with Crippen molar-refractivity contribution < 1.29 is 23.1 Å². The van der Waals surface area contributed by atoms with Crippen LogP contribution in [0.5, 0.6) is 5.75 Å². The van der Waals surface area contributed by atoms with E-state index in [1.165, 1.54) is 25.0 Å². The average molecular weight is 432 g/mol. The van der Waals surface area contributed by atoms with Crippen LogP contribution in [-0.4, -0.2) is 29.8 Å². The number of aromatic nitrogens is 1. The highest BCUT2D eigenvalue weighted by molar-refractivity contribution is 7.18. The van der Waals surface area contributed by atoms with Crippen LogP contribution in [0.15, 0.2) is 42.5 Å². The minimum absolute atomic E-state index is 0.0555. The molecule has 0 aliphatic rings. The van der Waals surface area contributed by atoms with Gasteiger partial charge in [-0.2, -0.15) is 0 Å². The van der Waals surface area contributed by atoms with Crippen LogP contribution in [0.2, 0.25) is 0 Å². The zero-order chi connectivity index (χ0) is 22.0. The number of carbonyl (C=O) groups is 2. The first-order valence-electron chi connectivity index (χ1n) is 8.71. The third-order valence-corrected chi connectivity index (χ3v) is 5.46. The van der Waals surface area contributed by atoms with E-state index in [4.69, 9.17) is 16.2 Å². The van der Waals surface area contributed by atoms with E-state index >= 15 is 0 Å². The number of nitrogens with zero attached hydrogens (tertiary/aromatic N) is 2. The number of rotatable bonds is 7. The molecule has 1 atom stereocenters. The molecule has 156 valence electrons. The van der Waals surface area contributed by atoms with Crippen molar-refractivity contribution in [1.29, 1.82) is 0 Å². The molecule has 4 N–H and O–H groups in total. The first-order chi connectivity index (χ1) is 14.2. The summed E-state index contributed by atoms with van der Waals surface area (Å²) in [5.41, 5.74) is 11.9. The molecule has 2 aromatic carbocycles. The predicted molar refractivity (Wildman–Crippen MR) is 110 cm³/mol. The van der Waals surface area contributed by atoms with Crippen LogP contribution >= 0.6 is 11.3 Å². The molecule has 0 saturated heterocycles. The fourth-order valence-corrected chi connectivity index (χ4v) is 3.77. The topological polar surface area (TPSA) is 112 Å². The van der Waals surface area contributed by atoms with Crippen molar-refractivity contribution in [3.05, 3.63) is 64.5 Å². The van der Waals surface area contributed by atoms with Gasteiger partial charge in [0.05, 0.1) is 7.11 Å². The first-order valence-corrected chi connectivity index (χ1v) is 9.53. The summed E-state index contributed by atoms with van der Waals surface area (Å²) >= 11 is 0.916. The van der Waals surface area contributed by atoms with Gasteiger partial charge in [0.1, 0.15) is 22.5 Å². The lowest BCUT2D eigenvalue weighted by Crippen LogP contribution is -2.40. The maximum absolute atomic E-state index is 13.8. The summed E-state index contributed by atoms with van der Waals surface area (Å²) in [7, 11) is 1.51. The van der Waals surface area contributed by atoms with Gasteiger partial charge < -0.3 is 21.1 Å². The molecule has 1 amide bonds. The smallest absolute Gasteiger partial charge is 0.240 e. The second-order valence-electron chi connectivity index (χ2n) is 6.32. The monoisotopic (exact) mass is 432 g/mol. The van der Waals surface area contributed by atoms with Gasteiger partial charge in [-0.3, -0.25) is 9.59 Å². The number of carbonyl (C=O) groups excluding carboxylic acids is 2. The molecule has 0 spiro atoms. The number of anilines is 3. The van der Waals surface area contributed by atoms with Crippen molar-refractivity contribution in [2.75, 3.05) is 17.7 Å². The number of nitrogens with two attached hydrogens (primary N) is 2. The lowest BCUT2D eigenvalue weighted by Gasteiger charge is -2.26. The van der Waals surface area contributed by atoms with Crippen LogP contribution in [0.3, 0.4) is 0 Å². The number of nitrogen functional groups attached to an aromatic ring is 1. The van der Waals surface area contributed by atoms with Crippen LogP contribution in [0.25, 0.3) is 0 Å². The third-order valence-electron chi connectivity index (χ3n) is 4.39. The molecule has 0 aliphatic heterocycles. The Kier molecular flexibility index (Phi) is 5.97. The number of halogens is 2. The molecule has 3 rings (SSSR count). The van der Waals surface area contributed by atoms with Crippen molar-refractivity contribution in [2.45, 2.75) is 13.0 Å². The van der Waals surface area contributed by atoms with Crippen molar-refractivity contribution >= 4 is 39.7 Å². The Morgan fingerprint density at radius 2 is 1.80 bits per heavy atom. The van der Waals surface area contributed by atoms with Gasteiger partial charge in [0.2, 0.25) is 11.7 Å². The largest absolute Gasteiger partial charge is 0.497 e. The summed E-state index contributed by atoms with van der Waals surface area (Å²) < 4.78 is 32.2. The lowest BCUT2D eigenvalue weighted by atomic mass is 10.1. The fourth-order valence-electron chi connectivity index (χ4n) is 2.72. The first kappa shape index (κ1) is 21.2. The summed E-state index contributed by atoms with van der Waals surface area (Å²) in [4.78, 5) is 30.3. The second kappa shape index (κ2) is 8.46. The van der Waals surface area contributed by atoms with E-state index in [0.717, 1.165) is 23.5 Å². The molecule has 1 aromatic heterocycles. The molecule has 10 heteroatoms. The predicted octanol–water partition coefficient (Wildman–Crippen LogP) is 3.26. The number of primary amides is 1. The lowest BCUT2D eigenvalue weighted by molar-refractivity contribution is -0.118. The van der Waals surface area contributed by atoms with E-state index in [1.807, 2.05) is 0 Å². The number of hydrogen-bond donors (Lipinski definition) is 2. The number of thiazole rings is 1. The fraction of sp³-hybridized carbons (Fsp3) is 0.150. The Labute approximate surface area is 174 Å². The summed E-state index contributed by atoms with van der Waals surface area (Å²) in [5, 5.41) is 0.140. The van der Waals surface area contributed by atoms with E-state index < -0.39 is 23.6 Å². The van der Waals surface area contributed by atoms with Gasteiger partial charge in [0, 0.05) is 17.3 Å². The van der Waals surface area contributed by atoms with Crippen molar-refractivity contribution in [2.24, 2.45) is 5.73 Å². The normalized spacial score (nSPS) is 11.7. The Morgan fingerprint density at radius 3 is 2.37 bits per heavy atom. The number of methoxy groups -OCH3 is 1. The Balaban J connectivity index is 2.04. The van der Waals surface area contributed by atoms with Gasteiger partial charge >= 0.3 is 0 Å². The quantitative estimate of drug-likeness (QED) is 0.555. The van der Waals surface area contributed by atoms with Crippen molar-refractivity contribution in [3.63, 3.8) is 0 Å². The molecule has 0 aliphatic carbocycles. The Hall–Kier alpha value is -3.53. The average Bonchev–Trinajstić information content (AvgIpc) is 3.11. The SMILES string of the molecule is COc1ccc(C(=O)c2sc(N(c3ccc(F)c(F)c3)[C@@H](C)C(N)=O)nc2N)cc1. The van der Waals surface area contributed by atoms with Gasteiger partial charge in [0.25, 0.3) is 0 Å². The highest BCUT2D eigenvalue weighted by Gasteiger charge is 2.28. The number of ether oxygens (including phenoxy) is 1. The van der Waals surface area contributed by atoms with Crippen LogP contribution in [0.4, 0.5) is 25.4 Å². The van der Waals surface area contributed by atoms with E-state index in [9.17, 15) is 18.4 Å². The van der Waals surface area contributed by atoms with E-state index in [0.29, 0.717) is 11.3 Å². The van der Waals surface area contributed by atoms with Crippen LogP contribution < -0.4 is 21.1 Å².